The van der Waals surface area contributed by atoms with Crippen molar-refractivity contribution in [3.63, 3.8) is 0 Å². The molecule has 0 spiro atoms. The second-order valence-corrected chi connectivity index (χ2v) is 3.83. The first kappa shape index (κ1) is 13.9. The fraction of sp³-hybridized carbons (Fsp3) is 0.154. The fourth-order valence-corrected chi connectivity index (χ4v) is 1.61. The van der Waals surface area contributed by atoms with Crippen LogP contribution in [0.15, 0.2) is 30.5 Å². The van der Waals surface area contributed by atoms with Gasteiger partial charge in [0, 0.05) is 11.8 Å². The van der Waals surface area contributed by atoms with Crippen molar-refractivity contribution in [1.82, 2.24) is 9.97 Å². The van der Waals surface area contributed by atoms with E-state index in [1.165, 1.54) is 7.11 Å². The average Bonchev–Trinajstić information content (AvgIpc) is 2.46. The van der Waals surface area contributed by atoms with Crippen molar-refractivity contribution in [2.24, 2.45) is 0 Å². The highest BCUT2D eigenvalue weighted by Crippen LogP contribution is 2.25. The van der Waals surface area contributed by atoms with Gasteiger partial charge in [0.05, 0.1) is 7.11 Å². The molecule has 7 heteroatoms. The minimum Gasteiger partial charge on any atom is -0.497 e. The molecule has 0 saturated carbocycles. The number of aromatic nitrogens is 2. The molecule has 0 bridgehead atoms. The third-order valence-corrected chi connectivity index (χ3v) is 2.60. The van der Waals surface area contributed by atoms with E-state index >= 15 is 0 Å². The summed E-state index contributed by atoms with van der Waals surface area (Å²) in [5, 5.41) is 8.81. The van der Waals surface area contributed by atoms with Crippen molar-refractivity contribution in [3.8, 4) is 17.1 Å². The Morgan fingerprint density at radius 2 is 1.95 bits per heavy atom. The van der Waals surface area contributed by atoms with Gasteiger partial charge in [-0.2, -0.15) is 0 Å². The molecule has 0 fully saturated rings. The number of carboxylic acids is 1. The minimum atomic E-state index is -2.99. The summed E-state index contributed by atoms with van der Waals surface area (Å²) in [4.78, 5) is 18.3. The van der Waals surface area contributed by atoms with Gasteiger partial charge in [0.2, 0.25) is 0 Å². The van der Waals surface area contributed by atoms with Crippen LogP contribution < -0.4 is 4.74 Å². The maximum Gasteiger partial charge on any atom is 0.339 e. The molecular weight excluding hydrogens is 270 g/mol. The molecule has 2 rings (SSSR count). The molecule has 5 nitrogen and oxygen atoms in total. The van der Waals surface area contributed by atoms with Crippen LogP contribution in [0, 0.1) is 0 Å². The van der Waals surface area contributed by atoms with Gasteiger partial charge < -0.3 is 9.84 Å². The number of methoxy groups -OCH3 is 1. The van der Waals surface area contributed by atoms with Gasteiger partial charge in [-0.05, 0) is 24.3 Å². The van der Waals surface area contributed by atoms with Crippen LogP contribution in [0.1, 0.15) is 22.5 Å². The van der Waals surface area contributed by atoms with Gasteiger partial charge in [-0.15, -0.1) is 0 Å². The number of ether oxygens (including phenoxy) is 1. The Kier molecular flexibility index (Phi) is 3.88. The monoisotopic (exact) mass is 280 g/mol. The summed E-state index contributed by atoms with van der Waals surface area (Å²) in [5.41, 5.74) is -0.903. The molecule has 0 aliphatic rings. The molecule has 1 aromatic heterocycles. The third kappa shape index (κ3) is 2.71. The van der Waals surface area contributed by atoms with Crippen LogP contribution in [-0.2, 0) is 0 Å². The first-order valence-electron chi connectivity index (χ1n) is 5.55. The van der Waals surface area contributed by atoms with Crippen LogP contribution in [-0.4, -0.2) is 28.2 Å². The maximum absolute atomic E-state index is 12.8. The van der Waals surface area contributed by atoms with Crippen molar-refractivity contribution in [3.05, 3.63) is 41.7 Å². The number of nitrogens with zero attached hydrogens (tertiary/aromatic N) is 2. The Balaban J connectivity index is 2.47. The van der Waals surface area contributed by atoms with E-state index < -0.39 is 23.7 Å². The van der Waals surface area contributed by atoms with E-state index in [1.54, 1.807) is 24.3 Å². The molecule has 0 amide bonds. The molecule has 0 aliphatic carbocycles. The van der Waals surface area contributed by atoms with Crippen LogP contribution >= 0.6 is 0 Å². The number of carbonyl (C=O) groups is 1. The second-order valence-electron chi connectivity index (χ2n) is 3.83. The largest absolute Gasteiger partial charge is 0.497 e. The minimum absolute atomic E-state index is 0.0351. The summed E-state index contributed by atoms with van der Waals surface area (Å²) in [6, 6.07) is 6.46. The van der Waals surface area contributed by atoms with E-state index in [0.29, 0.717) is 11.3 Å². The zero-order valence-electron chi connectivity index (χ0n) is 10.4. The molecule has 1 N–H and O–H groups in total. The molecule has 0 atom stereocenters. The summed E-state index contributed by atoms with van der Waals surface area (Å²) in [6.07, 6.45) is -2.10. The molecule has 0 saturated heterocycles. The van der Waals surface area contributed by atoms with E-state index in [9.17, 15) is 13.6 Å². The fourth-order valence-electron chi connectivity index (χ4n) is 1.61. The predicted octanol–water partition coefficient (Wildman–Crippen LogP) is 2.79. The molecule has 2 aromatic rings. The second kappa shape index (κ2) is 5.60. The Labute approximate surface area is 112 Å². The smallest absolute Gasteiger partial charge is 0.339 e. The summed E-state index contributed by atoms with van der Waals surface area (Å²) in [5.74, 6) is -0.848. The molecule has 0 unspecified atom stereocenters. The van der Waals surface area contributed by atoms with Crippen molar-refractivity contribution in [2.75, 3.05) is 7.11 Å². The van der Waals surface area contributed by atoms with Crippen LogP contribution in [0.3, 0.4) is 0 Å². The average molecular weight is 280 g/mol. The summed E-state index contributed by atoms with van der Waals surface area (Å²) in [6.45, 7) is 0. The van der Waals surface area contributed by atoms with Gasteiger partial charge in [0.1, 0.15) is 17.0 Å². The van der Waals surface area contributed by atoms with Crippen LogP contribution in [0.5, 0.6) is 5.75 Å². The lowest BCUT2D eigenvalue weighted by Gasteiger charge is -2.07. The number of alkyl halides is 2. The standard InChI is InChI=1S/C13H10F2N2O3/c1-20-8-4-2-7(3-5-8)12-16-6-9(13(18)19)10(17-12)11(14)15/h2-6,11H,1H3,(H,18,19). The van der Waals surface area contributed by atoms with Crippen molar-refractivity contribution < 1.29 is 23.4 Å². The van der Waals surface area contributed by atoms with E-state index in [2.05, 4.69) is 9.97 Å². The Morgan fingerprint density at radius 3 is 2.45 bits per heavy atom. The molecule has 0 radical (unpaired) electrons. The quantitative estimate of drug-likeness (QED) is 0.932. The topological polar surface area (TPSA) is 72.3 Å². The SMILES string of the molecule is COc1ccc(-c2ncc(C(=O)O)c(C(F)F)n2)cc1. The number of aromatic carboxylic acids is 1. The Hall–Kier alpha value is -2.57. The van der Waals surface area contributed by atoms with Gasteiger partial charge in [-0.1, -0.05) is 0 Å². The highest BCUT2D eigenvalue weighted by Gasteiger charge is 2.21. The highest BCUT2D eigenvalue weighted by molar-refractivity contribution is 5.88. The van der Waals surface area contributed by atoms with Crippen molar-refractivity contribution in [2.45, 2.75) is 6.43 Å². The lowest BCUT2D eigenvalue weighted by atomic mass is 10.1. The van der Waals surface area contributed by atoms with E-state index in [4.69, 9.17) is 9.84 Å². The van der Waals surface area contributed by atoms with E-state index in [-0.39, 0.29) is 5.82 Å². The van der Waals surface area contributed by atoms with Gasteiger partial charge in [0.15, 0.2) is 5.82 Å². The molecule has 1 heterocycles. The van der Waals surface area contributed by atoms with E-state index in [0.717, 1.165) is 6.20 Å². The number of rotatable bonds is 4. The zero-order chi connectivity index (χ0) is 14.7. The Morgan fingerprint density at radius 1 is 1.30 bits per heavy atom. The highest BCUT2D eigenvalue weighted by atomic mass is 19.3. The molecule has 20 heavy (non-hydrogen) atoms. The predicted molar refractivity (Wildman–Crippen MR) is 65.9 cm³/mol. The maximum atomic E-state index is 12.8. The number of benzene rings is 1. The molecule has 1 aromatic carbocycles. The molecular formula is C13H10F2N2O3. The summed E-state index contributed by atoms with van der Waals surface area (Å²) in [7, 11) is 1.50. The number of carboxylic acid groups (broad SMARTS) is 1. The molecule has 104 valence electrons. The lowest BCUT2D eigenvalue weighted by Crippen LogP contribution is -2.07. The van der Waals surface area contributed by atoms with Crippen LogP contribution in [0.2, 0.25) is 0 Å². The van der Waals surface area contributed by atoms with Gasteiger partial charge in [-0.25, -0.2) is 23.5 Å². The Bertz CT molecular complexity index is 630. The van der Waals surface area contributed by atoms with E-state index in [1.807, 2.05) is 0 Å². The van der Waals surface area contributed by atoms with Crippen molar-refractivity contribution >= 4 is 5.97 Å². The van der Waals surface area contributed by atoms with Gasteiger partial charge in [0.25, 0.3) is 6.43 Å². The van der Waals surface area contributed by atoms with Crippen LogP contribution in [0.4, 0.5) is 8.78 Å². The molecule has 0 aliphatic heterocycles. The first-order chi connectivity index (χ1) is 9.52. The van der Waals surface area contributed by atoms with Gasteiger partial charge in [-0.3, -0.25) is 0 Å². The van der Waals surface area contributed by atoms with Crippen LogP contribution in [0.25, 0.3) is 11.4 Å². The summed E-state index contributed by atoms with van der Waals surface area (Å²) >= 11 is 0. The normalized spacial score (nSPS) is 10.6. The third-order valence-electron chi connectivity index (χ3n) is 2.60. The van der Waals surface area contributed by atoms with Gasteiger partial charge >= 0.3 is 5.97 Å². The summed E-state index contributed by atoms with van der Waals surface area (Å²) < 4.78 is 30.6. The number of hydrogen-bond donors (Lipinski definition) is 1. The lowest BCUT2D eigenvalue weighted by molar-refractivity contribution is 0.0681. The number of hydrogen-bond acceptors (Lipinski definition) is 4. The number of halogens is 2. The van der Waals surface area contributed by atoms with Crippen molar-refractivity contribution in [1.29, 1.82) is 0 Å². The zero-order valence-corrected chi connectivity index (χ0v) is 10.4. The first-order valence-corrected chi connectivity index (χ1v) is 5.55.